The highest BCUT2D eigenvalue weighted by Gasteiger charge is 2.34. The van der Waals surface area contributed by atoms with Crippen LogP contribution in [-0.2, 0) is 6.42 Å². The first-order valence-electron chi connectivity index (χ1n) is 8.48. The average Bonchev–Trinajstić information content (AvgIpc) is 3.36. The molecule has 0 fully saturated rings. The molecule has 1 atom stereocenters. The van der Waals surface area contributed by atoms with Crippen molar-refractivity contribution in [2.24, 2.45) is 0 Å². The van der Waals surface area contributed by atoms with Gasteiger partial charge in [-0.15, -0.1) is 22.7 Å². The van der Waals surface area contributed by atoms with E-state index in [-0.39, 0.29) is 17.8 Å². The van der Waals surface area contributed by atoms with E-state index in [0.29, 0.717) is 12.1 Å². The van der Waals surface area contributed by atoms with Gasteiger partial charge in [0.15, 0.2) is 6.61 Å². The summed E-state index contributed by atoms with van der Waals surface area (Å²) < 4.78 is 41.4. The largest absolute Gasteiger partial charge is 0.468 e. The number of alkyl halides is 3. The normalized spacial score (nSPS) is 16.7. The molecular formula is C19H15F3N2O2S2. The molecule has 1 aliphatic heterocycles. The van der Waals surface area contributed by atoms with Gasteiger partial charge in [-0.1, -0.05) is 6.07 Å². The quantitative estimate of drug-likeness (QED) is 0.596. The van der Waals surface area contributed by atoms with E-state index >= 15 is 0 Å². The van der Waals surface area contributed by atoms with Crippen molar-refractivity contribution in [3.63, 3.8) is 0 Å². The second kappa shape index (κ2) is 7.56. The Bertz CT molecular complexity index is 952. The lowest BCUT2D eigenvalue weighted by Crippen LogP contribution is -2.39. The third-order valence-corrected chi connectivity index (χ3v) is 6.33. The van der Waals surface area contributed by atoms with Crippen LogP contribution in [0, 0.1) is 0 Å². The first kappa shape index (κ1) is 18.9. The molecule has 0 radical (unpaired) electrons. The van der Waals surface area contributed by atoms with Crippen molar-refractivity contribution in [3.05, 3.63) is 68.2 Å². The van der Waals surface area contributed by atoms with Crippen molar-refractivity contribution in [1.82, 2.24) is 9.88 Å². The van der Waals surface area contributed by atoms with Gasteiger partial charge in [0.2, 0.25) is 5.88 Å². The zero-order valence-electron chi connectivity index (χ0n) is 14.5. The number of carbonyl (C=O) groups excluding carboxylic acids is 1. The fourth-order valence-electron chi connectivity index (χ4n) is 3.20. The molecule has 146 valence electrons. The second-order valence-corrected chi connectivity index (χ2v) is 8.23. The molecule has 0 saturated heterocycles. The average molecular weight is 424 g/mol. The summed E-state index contributed by atoms with van der Waals surface area (Å²) in [5.74, 6) is -0.368. The van der Waals surface area contributed by atoms with E-state index in [1.165, 1.54) is 23.2 Å². The molecule has 1 unspecified atom stereocenters. The lowest BCUT2D eigenvalue weighted by Gasteiger charge is -2.35. The minimum Gasteiger partial charge on any atom is -0.468 e. The van der Waals surface area contributed by atoms with Crippen molar-refractivity contribution in [3.8, 4) is 5.88 Å². The summed E-state index contributed by atoms with van der Waals surface area (Å²) in [6.07, 6.45) is -2.39. The molecular weight excluding hydrogens is 409 g/mol. The summed E-state index contributed by atoms with van der Waals surface area (Å²) in [7, 11) is 0. The van der Waals surface area contributed by atoms with Crippen LogP contribution < -0.4 is 4.74 Å². The molecule has 3 aromatic heterocycles. The molecule has 9 heteroatoms. The summed E-state index contributed by atoms with van der Waals surface area (Å²) >= 11 is 3.28. The molecule has 0 aliphatic carbocycles. The summed E-state index contributed by atoms with van der Waals surface area (Å²) in [5, 5.41) is 4.01. The van der Waals surface area contributed by atoms with Gasteiger partial charge in [0.1, 0.15) is 0 Å². The van der Waals surface area contributed by atoms with E-state index in [1.54, 1.807) is 27.6 Å². The fourth-order valence-corrected chi connectivity index (χ4v) is 4.96. The van der Waals surface area contributed by atoms with Crippen molar-refractivity contribution in [1.29, 1.82) is 0 Å². The number of amides is 1. The number of halogens is 3. The zero-order valence-corrected chi connectivity index (χ0v) is 16.1. The van der Waals surface area contributed by atoms with Crippen LogP contribution in [0.1, 0.15) is 31.7 Å². The highest BCUT2D eigenvalue weighted by molar-refractivity contribution is 7.10. The summed E-state index contributed by atoms with van der Waals surface area (Å²) in [6.45, 7) is -0.845. The number of hydrogen-bond acceptors (Lipinski definition) is 5. The molecule has 0 bridgehead atoms. The minimum atomic E-state index is -4.43. The molecule has 0 saturated carbocycles. The summed E-state index contributed by atoms with van der Waals surface area (Å²) in [6, 6.07) is 8.60. The van der Waals surface area contributed by atoms with Gasteiger partial charge in [-0.25, -0.2) is 4.98 Å². The number of thiophene rings is 2. The number of nitrogens with zero attached hydrogens (tertiary/aromatic N) is 2. The van der Waals surface area contributed by atoms with Gasteiger partial charge in [0, 0.05) is 28.6 Å². The zero-order chi connectivity index (χ0) is 19.7. The molecule has 4 nitrogen and oxygen atoms in total. The monoisotopic (exact) mass is 424 g/mol. The molecule has 1 aliphatic rings. The maximum Gasteiger partial charge on any atom is 0.422 e. The SMILES string of the molecule is O=C(c1ccc(OCC(F)(F)F)nc1)N1CCc2sccc2C1c1cccs1. The maximum atomic E-state index is 13.1. The third kappa shape index (κ3) is 3.90. The Hall–Kier alpha value is -2.39. The number of fused-ring (bicyclic) bond motifs is 1. The van der Waals surface area contributed by atoms with E-state index in [2.05, 4.69) is 15.8 Å². The Morgan fingerprint density at radius 3 is 2.75 bits per heavy atom. The van der Waals surface area contributed by atoms with E-state index in [1.807, 2.05) is 22.9 Å². The van der Waals surface area contributed by atoms with Gasteiger partial charge >= 0.3 is 6.18 Å². The molecule has 0 spiro atoms. The Morgan fingerprint density at radius 2 is 2.07 bits per heavy atom. The molecule has 4 rings (SSSR count). The predicted molar refractivity (Wildman–Crippen MR) is 101 cm³/mol. The molecule has 4 heterocycles. The van der Waals surface area contributed by atoms with Crippen LogP contribution in [0.4, 0.5) is 13.2 Å². The van der Waals surface area contributed by atoms with Gasteiger partial charge in [-0.2, -0.15) is 13.2 Å². The van der Waals surface area contributed by atoms with Crippen LogP contribution in [-0.4, -0.2) is 35.1 Å². The van der Waals surface area contributed by atoms with E-state index < -0.39 is 12.8 Å². The van der Waals surface area contributed by atoms with E-state index in [0.717, 1.165) is 16.9 Å². The highest BCUT2D eigenvalue weighted by atomic mass is 32.1. The lowest BCUT2D eigenvalue weighted by atomic mass is 9.97. The number of pyridine rings is 1. The second-order valence-electron chi connectivity index (χ2n) is 6.25. The van der Waals surface area contributed by atoms with Gasteiger partial charge in [-0.3, -0.25) is 4.79 Å². The first-order valence-corrected chi connectivity index (χ1v) is 10.2. The van der Waals surface area contributed by atoms with Crippen molar-refractivity contribution in [2.75, 3.05) is 13.2 Å². The number of ether oxygens (including phenoxy) is 1. The lowest BCUT2D eigenvalue weighted by molar-refractivity contribution is -0.154. The molecule has 1 amide bonds. The number of rotatable bonds is 4. The van der Waals surface area contributed by atoms with Crippen LogP contribution >= 0.6 is 22.7 Å². The van der Waals surface area contributed by atoms with Gasteiger partial charge in [0.05, 0.1) is 11.6 Å². The van der Waals surface area contributed by atoms with Crippen LogP contribution in [0.5, 0.6) is 5.88 Å². The Morgan fingerprint density at radius 1 is 1.21 bits per heavy atom. The highest BCUT2D eigenvalue weighted by Crippen LogP contribution is 2.40. The smallest absolute Gasteiger partial charge is 0.422 e. The Balaban J connectivity index is 1.57. The van der Waals surface area contributed by atoms with Crippen LogP contribution in [0.25, 0.3) is 0 Å². The van der Waals surface area contributed by atoms with Crippen molar-refractivity contribution in [2.45, 2.75) is 18.6 Å². The molecule has 3 aromatic rings. The van der Waals surface area contributed by atoms with Crippen LogP contribution in [0.3, 0.4) is 0 Å². The Kier molecular flexibility index (Phi) is 5.11. The minimum absolute atomic E-state index is 0.163. The Labute approximate surface area is 167 Å². The number of carbonyl (C=O) groups is 1. The van der Waals surface area contributed by atoms with Crippen molar-refractivity contribution < 1.29 is 22.7 Å². The maximum absolute atomic E-state index is 13.1. The topological polar surface area (TPSA) is 42.4 Å². The molecule has 28 heavy (non-hydrogen) atoms. The van der Waals surface area contributed by atoms with E-state index in [9.17, 15) is 18.0 Å². The van der Waals surface area contributed by atoms with Gasteiger partial charge < -0.3 is 9.64 Å². The van der Waals surface area contributed by atoms with E-state index in [4.69, 9.17) is 0 Å². The fraction of sp³-hybridized carbons (Fsp3) is 0.263. The standard InChI is InChI=1S/C19H15F3N2O2S2/c20-19(21,22)11-26-16-4-3-12(10-23-16)18(25)24-7-5-14-13(6-9-28-14)17(24)15-2-1-8-27-15/h1-4,6,8-10,17H,5,7,11H2. The number of aromatic nitrogens is 1. The van der Waals surface area contributed by atoms with Gasteiger partial charge in [-0.05, 0) is 40.9 Å². The molecule has 0 aromatic carbocycles. The predicted octanol–water partition coefficient (Wildman–Crippen LogP) is 4.93. The first-order chi connectivity index (χ1) is 13.4. The summed E-state index contributed by atoms with van der Waals surface area (Å²) in [5.41, 5.74) is 1.45. The number of hydrogen-bond donors (Lipinski definition) is 0. The summed E-state index contributed by atoms with van der Waals surface area (Å²) in [4.78, 5) is 21.1. The van der Waals surface area contributed by atoms with Crippen LogP contribution in [0.15, 0.2) is 47.3 Å². The van der Waals surface area contributed by atoms with Crippen molar-refractivity contribution >= 4 is 28.6 Å². The van der Waals surface area contributed by atoms with Crippen LogP contribution in [0.2, 0.25) is 0 Å². The van der Waals surface area contributed by atoms with Gasteiger partial charge in [0.25, 0.3) is 5.91 Å². The molecule has 0 N–H and O–H groups in total. The third-order valence-electron chi connectivity index (χ3n) is 4.41.